The van der Waals surface area contributed by atoms with Crippen LogP contribution in [0.3, 0.4) is 0 Å². The van der Waals surface area contributed by atoms with Crippen LogP contribution in [0.5, 0.6) is 0 Å². The maximum atomic E-state index is 11.9. The topological polar surface area (TPSA) is 89.9 Å². The summed E-state index contributed by atoms with van der Waals surface area (Å²) < 4.78 is 26.3. The zero-order valence-electron chi connectivity index (χ0n) is 14.0. The van der Waals surface area contributed by atoms with Crippen LogP contribution in [0.15, 0.2) is 18.2 Å². The summed E-state index contributed by atoms with van der Waals surface area (Å²) in [6.45, 7) is 5.69. The maximum absolute atomic E-state index is 11.9. The number of carbonyl (C=O) groups is 1. The number of nitrogens with one attached hydrogen (secondary N) is 1. The minimum absolute atomic E-state index is 0.0474. The van der Waals surface area contributed by atoms with Gasteiger partial charge < -0.3 is 14.9 Å². The first-order valence-corrected chi connectivity index (χ1v) is 9.13. The highest BCUT2D eigenvalue weighted by molar-refractivity contribution is 7.92. The van der Waals surface area contributed by atoms with Gasteiger partial charge in [-0.3, -0.25) is 4.72 Å². The fraction of sp³-hybridized carbons (Fsp3) is 0.533. The number of hydrogen-bond acceptors (Lipinski definition) is 5. The van der Waals surface area contributed by atoms with Gasteiger partial charge in [-0.1, -0.05) is 0 Å². The van der Waals surface area contributed by atoms with Crippen LogP contribution in [0.4, 0.5) is 11.4 Å². The summed E-state index contributed by atoms with van der Waals surface area (Å²) in [6, 6.07) is 4.50. The molecular formula is C15H25N3O4S. The molecule has 1 aromatic rings. The molecule has 0 saturated heterocycles. The Morgan fingerprint density at radius 2 is 1.87 bits per heavy atom. The number of anilines is 2. The summed E-state index contributed by atoms with van der Waals surface area (Å²) in [6.07, 6.45) is 0. The van der Waals surface area contributed by atoms with Crippen molar-refractivity contribution < 1.29 is 18.3 Å². The molecule has 0 heterocycles. The van der Waals surface area contributed by atoms with Gasteiger partial charge in [-0.15, -0.1) is 0 Å². The highest BCUT2D eigenvalue weighted by Gasteiger charge is 2.17. The number of nitrogens with zero attached hydrogens (tertiary/aromatic N) is 2. The zero-order valence-corrected chi connectivity index (χ0v) is 14.9. The number of likely N-dealkylation sites (N-methyl/N-ethyl adjacent to an activating group) is 2. The van der Waals surface area contributed by atoms with Crippen molar-refractivity contribution in [3.05, 3.63) is 23.8 Å². The summed E-state index contributed by atoms with van der Waals surface area (Å²) in [5.74, 6) is -1.17. The number of hydrogen-bond donors (Lipinski definition) is 2. The summed E-state index contributed by atoms with van der Waals surface area (Å²) in [4.78, 5) is 15.2. The second-order valence-corrected chi connectivity index (χ2v) is 7.44. The number of rotatable bonds is 9. The molecule has 0 atom stereocenters. The number of benzene rings is 1. The summed E-state index contributed by atoms with van der Waals surface area (Å²) in [5, 5.41) is 9.13. The van der Waals surface area contributed by atoms with Crippen LogP contribution >= 0.6 is 0 Å². The van der Waals surface area contributed by atoms with Crippen molar-refractivity contribution in [2.45, 2.75) is 13.8 Å². The Balaban J connectivity index is 3.25. The van der Waals surface area contributed by atoms with Gasteiger partial charge in [-0.05, 0) is 46.1 Å². The van der Waals surface area contributed by atoms with E-state index in [4.69, 9.17) is 5.11 Å². The van der Waals surface area contributed by atoms with Crippen LogP contribution in [-0.4, -0.2) is 63.9 Å². The lowest BCUT2D eigenvalue weighted by Crippen LogP contribution is -2.32. The van der Waals surface area contributed by atoms with Crippen LogP contribution in [0.1, 0.15) is 24.2 Å². The molecule has 0 aliphatic heterocycles. The van der Waals surface area contributed by atoms with E-state index in [0.717, 1.165) is 6.54 Å². The Morgan fingerprint density at radius 3 is 2.35 bits per heavy atom. The van der Waals surface area contributed by atoms with Crippen molar-refractivity contribution in [3.63, 3.8) is 0 Å². The Hall–Kier alpha value is -1.80. The average Bonchev–Trinajstić information content (AvgIpc) is 2.48. The van der Waals surface area contributed by atoms with E-state index in [-0.39, 0.29) is 11.3 Å². The van der Waals surface area contributed by atoms with Gasteiger partial charge in [-0.25, -0.2) is 13.2 Å². The molecule has 0 radical (unpaired) electrons. The lowest BCUT2D eigenvalue weighted by molar-refractivity contribution is 0.0697. The average molecular weight is 343 g/mol. The van der Waals surface area contributed by atoms with Crippen LogP contribution in [0.25, 0.3) is 0 Å². The molecule has 0 bridgehead atoms. The molecular weight excluding hydrogens is 318 g/mol. The van der Waals surface area contributed by atoms with Crippen LogP contribution in [-0.2, 0) is 10.0 Å². The SMILES string of the molecule is CCN(CCN(C)C)c1ccc(C(=O)O)cc1NS(=O)(=O)CC. The van der Waals surface area contributed by atoms with E-state index in [9.17, 15) is 13.2 Å². The van der Waals surface area contributed by atoms with Gasteiger partial charge in [0.05, 0.1) is 22.7 Å². The van der Waals surface area contributed by atoms with Crippen molar-refractivity contribution in [2.24, 2.45) is 0 Å². The Morgan fingerprint density at radius 1 is 1.22 bits per heavy atom. The molecule has 2 N–H and O–H groups in total. The zero-order chi connectivity index (χ0) is 17.6. The Kier molecular flexibility index (Phi) is 6.83. The third kappa shape index (κ3) is 5.72. The molecule has 130 valence electrons. The lowest BCUT2D eigenvalue weighted by atomic mass is 10.1. The van der Waals surface area contributed by atoms with Crippen molar-refractivity contribution in [1.82, 2.24) is 4.90 Å². The van der Waals surface area contributed by atoms with Gasteiger partial charge in [0.15, 0.2) is 0 Å². The fourth-order valence-corrected chi connectivity index (χ4v) is 2.68. The van der Waals surface area contributed by atoms with Crippen molar-refractivity contribution in [1.29, 1.82) is 0 Å². The molecule has 7 nitrogen and oxygen atoms in total. The molecule has 0 amide bonds. The van der Waals surface area contributed by atoms with E-state index in [0.29, 0.717) is 24.5 Å². The number of carboxylic acids is 1. The van der Waals surface area contributed by atoms with E-state index in [2.05, 4.69) is 4.72 Å². The largest absolute Gasteiger partial charge is 0.478 e. The molecule has 0 aromatic heterocycles. The van der Waals surface area contributed by atoms with Crippen molar-refractivity contribution >= 4 is 27.4 Å². The molecule has 0 saturated carbocycles. The predicted molar refractivity (Wildman–Crippen MR) is 92.9 cm³/mol. The van der Waals surface area contributed by atoms with Gasteiger partial charge in [0.1, 0.15) is 0 Å². The van der Waals surface area contributed by atoms with E-state index in [1.165, 1.54) is 19.1 Å². The van der Waals surface area contributed by atoms with E-state index in [1.54, 1.807) is 6.07 Å². The number of aromatic carboxylic acids is 1. The second-order valence-electron chi connectivity index (χ2n) is 5.43. The molecule has 0 aliphatic carbocycles. The van der Waals surface area contributed by atoms with Gasteiger partial charge in [-0.2, -0.15) is 0 Å². The quantitative estimate of drug-likeness (QED) is 0.707. The second kappa shape index (κ2) is 8.16. The van der Waals surface area contributed by atoms with Gasteiger partial charge in [0.2, 0.25) is 10.0 Å². The monoisotopic (exact) mass is 343 g/mol. The van der Waals surface area contributed by atoms with E-state index >= 15 is 0 Å². The third-order valence-corrected chi connectivity index (χ3v) is 4.72. The fourth-order valence-electron chi connectivity index (χ4n) is 2.04. The van der Waals surface area contributed by atoms with E-state index in [1.807, 2.05) is 30.8 Å². The van der Waals surface area contributed by atoms with Crippen LogP contribution in [0, 0.1) is 0 Å². The maximum Gasteiger partial charge on any atom is 0.335 e. The minimum Gasteiger partial charge on any atom is -0.478 e. The van der Waals surface area contributed by atoms with Crippen LogP contribution in [0.2, 0.25) is 0 Å². The first-order valence-electron chi connectivity index (χ1n) is 7.47. The first kappa shape index (κ1) is 19.2. The highest BCUT2D eigenvalue weighted by atomic mass is 32.2. The molecule has 0 unspecified atom stereocenters. The number of carboxylic acid groups (broad SMARTS) is 1. The lowest BCUT2D eigenvalue weighted by Gasteiger charge is -2.27. The molecule has 0 fully saturated rings. The molecule has 8 heteroatoms. The molecule has 1 rings (SSSR count). The molecule has 1 aromatic carbocycles. The van der Waals surface area contributed by atoms with Crippen molar-refractivity contribution in [2.75, 3.05) is 49.1 Å². The Labute approximate surface area is 138 Å². The Bertz CT molecular complexity index is 644. The highest BCUT2D eigenvalue weighted by Crippen LogP contribution is 2.28. The third-order valence-electron chi connectivity index (χ3n) is 3.43. The normalized spacial score (nSPS) is 11.5. The predicted octanol–water partition coefficient (Wildman–Crippen LogP) is 1.53. The molecule has 0 aliphatic rings. The molecule has 23 heavy (non-hydrogen) atoms. The van der Waals surface area contributed by atoms with Gasteiger partial charge in [0.25, 0.3) is 0 Å². The van der Waals surface area contributed by atoms with E-state index < -0.39 is 16.0 Å². The smallest absolute Gasteiger partial charge is 0.335 e. The van der Waals surface area contributed by atoms with Crippen molar-refractivity contribution in [3.8, 4) is 0 Å². The van der Waals surface area contributed by atoms with Gasteiger partial charge in [0, 0.05) is 19.6 Å². The van der Waals surface area contributed by atoms with Gasteiger partial charge >= 0.3 is 5.97 Å². The minimum atomic E-state index is -3.49. The summed E-state index contributed by atoms with van der Waals surface area (Å²) >= 11 is 0. The summed E-state index contributed by atoms with van der Waals surface area (Å²) in [7, 11) is 0.430. The van der Waals surface area contributed by atoms with Crippen LogP contribution < -0.4 is 9.62 Å². The standard InChI is InChI=1S/C15H25N3O4S/c1-5-18(10-9-17(3)4)14-8-7-12(15(19)20)11-13(14)16-23(21,22)6-2/h7-8,11,16H,5-6,9-10H2,1-4H3,(H,19,20). The number of sulfonamides is 1. The summed E-state index contributed by atoms with van der Waals surface area (Å²) in [5.41, 5.74) is 1.02. The molecule has 0 spiro atoms. The first-order chi connectivity index (χ1) is 10.7.